The molecule has 100 valence electrons. The molecule has 1 fully saturated rings. The molecule has 1 N–H and O–H groups in total. The lowest BCUT2D eigenvalue weighted by Crippen LogP contribution is -2.21. The largest absolute Gasteiger partial charge is 0.380 e. The van der Waals surface area contributed by atoms with E-state index in [1.165, 1.54) is 29.7 Å². The average Bonchev–Trinajstić information content (AvgIpc) is 2.75. The van der Waals surface area contributed by atoms with Crippen LogP contribution in [-0.2, 0) is 5.60 Å². The highest BCUT2D eigenvalue weighted by Gasteiger charge is 2.27. The van der Waals surface area contributed by atoms with Gasteiger partial charge < -0.3 is 5.11 Å². The number of rotatable bonds is 3. The highest BCUT2D eigenvalue weighted by molar-refractivity contribution is 7.12. The number of benzene rings is 1. The summed E-state index contributed by atoms with van der Waals surface area (Å²) in [4.78, 5) is 2.25. The van der Waals surface area contributed by atoms with Gasteiger partial charge in [-0.25, -0.2) is 0 Å². The Labute approximate surface area is 118 Å². The van der Waals surface area contributed by atoms with Gasteiger partial charge in [-0.3, -0.25) is 0 Å². The van der Waals surface area contributed by atoms with Gasteiger partial charge in [0.15, 0.2) is 0 Å². The van der Waals surface area contributed by atoms with Crippen LogP contribution in [0.4, 0.5) is 0 Å². The number of aliphatic hydroxyl groups is 1. The van der Waals surface area contributed by atoms with Gasteiger partial charge in [-0.1, -0.05) is 30.7 Å². The van der Waals surface area contributed by atoms with Gasteiger partial charge in [-0.05, 0) is 55.9 Å². The summed E-state index contributed by atoms with van der Waals surface area (Å²) in [6, 6.07) is 12.6. The summed E-state index contributed by atoms with van der Waals surface area (Å²) >= 11 is 1.67. The minimum atomic E-state index is -0.878. The molecule has 1 aliphatic carbocycles. The summed E-state index contributed by atoms with van der Waals surface area (Å²) < 4.78 is 0. The maximum absolute atomic E-state index is 10.8. The van der Waals surface area contributed by atoms with E-state index in [1.54, 1.807) is 11.3 Å². The molecule has 1 nitrogen and oxygen atoms in total. The molecule has 0 bridgehead atoms. The van der Waals surface area contributed by atoms with E-state index in [1.807, 2.05) is 13.0 Å². The second-order valence-electron chi connectivity index (χ2n) is 5.73. The van der Waals surface area contributed by atoms with Crippen molar-refractivity contribution in [2.24, 2.45) is 0 Å². The van der Waals surface area contributed by atoms with Crippen LogP contribution in [0.25, 0.3) is 0 Å². The van der Waals surface area contributed by atoms with E-state index < -0.39 is 5.60 Å². The quantitative estimate of drug-likeness (QED) is 0.867. The normalized spacial score (nSPS) is 18.9. The fourth-order valence-corrected chi connectivity index (χ4v) is 3.60. The smallest absolute Gasteiger partial charge is 0.121 e. The lowest BCUT2D eigenvalue weighted by molar-refractivity contribution is 0.106. The molecular formula is C17H20OS. The van der Waals surface area contributed by atoms with Gasteiger partial charge in [0.1, 0.15) is 5.60 Å². The van der Waals surface area contributed by atoms with Crippen molar-refractivity contribution in [3.8, 4) is 0 Å². The molecule has 0 spiro atoms. The van der Waals surface area contributed by atoms with Crippen LogP contribution in [0.2, 0.25) is 0 Å². The molecule has 1 atom stereocenters. The van der Waals surface area contributed by atoms with E-state index in [9.17, 15) is 5.11 Å². The zero-order valence-electron chi connectivity index (χ0n) is 11.5. The van der Waals surface area contributed by atoms with Gasteiger partial charge in [0.25, 0.3) is 0 Å². The minimum absolute atomic E-state index is 0.753. The van der Waals surface area contributed by atoms with E-state index in [2.05, 4.69) is 37.3 Å². The highest BCUT2D eigenvalue weighted by Crippen LogP contribution is 2.38. The van der Waals surface area contributed by atoms with Crippen molar-refractivity contribution in [3.63, 3.8) is 0 Å². The summed E-state index contributed by atoms with van der Waals surface area (Å²) in [6.07, 6.45) is 4.00. The first-order valence-electron chi connectivity index (χ1n) is 6.97. The number of hydrogen-bond donors (Lipinski definition) is 1. The molecule has 2 heteroatoms. The Bertz CT molecular complexity index is 561. The molecule has 0 radical (unpaired) electrons. The van der Waals surface area contributed by atoms with Crippen molar-refractivity contribution in [1.82, 2.24) is 0 Å². The van der Waals surface area contributed by atoms with E-state index in [4.69, 9.17) is 0 Å². The van der Waals surface area contributed by atoms with Crippen LogP contribution in [0.15, 0.2) is 36.4 Å². The van der Waals surface area contributed by atoms with Gasteiger partial charge in [0.05, 0.1) is 0 Å². The third kappa shape index (κ3) is 2.35. The molecule has 1 aromatic heterocycles. The predicted molar refractivity (Wildman–Crippen MR) is 80.8 cm³/mol. The first-order valence-corrected chi connectivity index (χ1v) is 7.79. The second-order valence-corrected chi connectivity index (χ2v) is 7.02. The topological polar surface area (TPSA) is 20.2 Å². The predicted octanol–water partition coefficient (Wildman–Crippen LogP) is 4.58. The molecule has 1 aliphatic rings. The van der Waals surface area contributed by atoms with E-state index in [0.717, 1.165) is 16.4 Å². The Morgan fingerprint density at radius 2 is 1.79 bits per heavy atom. The van der Waals surface area contributed by atoms with Gasteiger partial charge in [-0.15, -0.1) is 11.3 Å². The molecule has 1 saturated carbocycles. The van der Waals surface area contributed by atoms with Crippen molar-refractivity contribution in [2.45, 2.75) is 44.6 Å². The molecule has 1 aromatic carbocycles. The van der Waals surface area contributed by atoms with E-state index in [0.29, 0.717) is 0 Å². The van der Waals surface area contributed by atoms with Crippen LogP contribution >= 0.6 is 11.3 Å². The number of thiophene rings is 1. The molecule has 1 unspecified atom stereocenters. The zero-order valence-corrected chi connectivity index (χ0v) is 12.3. The molecular weight excluding hydrogens is 252 g/mol. The molecule has 0 amide bonds. The molecule has 0 aliphatic heterocycles. The van der Waals surface area contributed by atoms with Crippen molar-refractivity contribution in [3.05, 3.63) is 57.3 Å². The zero-order chi connectivity index (χ0) is 13.5. The highest BCUT2D eigenvalue weighted by atomic mass is 32.1. The van der Waals surface area contributed by atoms with E-state index in [-0.39, 0.29) is 0 Å². The first kappa shape index (κ1) is 12.9. The maximum atomic E-state index is 10.8. The van der Waals surface area contributed by atoms with Gasteiger partial charge in [0, 0.05) is 9.75 Å². The fourth-order valence-electron chi connectivity index (χ4n) is 2.66. The van der Waals surface area contributed by atoms with Gasteiger partial charge >= 0.3 is 0 Å². The van der Waals surface area contributed by atoms with Gasteiger partial charge in [0.2, 0.25) is 0 Å². The molecule has 3 rings (SSSR count). The summed E-state index contributed by atoms with van der Waals surface area (Å²) in [5.74, 6) is 0.753. The summed E-state index contributed by atoms with van der Waals surface area (Å²) in [6.45, 7) is 3.96. The van der Waals surface area contributed by atoms with Crippen molar-refractivity contribution < 1.29 is 5.11 Å². The van der Waals surface area contributed by atoms with Crippen LogP contribution in [0.1, 0.15) is 53.0 Å². The summed E-state index contributed by atoms with van der Waals surface area (Å²) in [7, 11) is 0. The lowest BCUT2D eigenvalue weighted by Gasteiger charge is -2.27. The number of hydrogen-bond acceptors (Lipinski definition) is 2. The maximum Gasteiger partial charge on any atom is 0.121 e. The Hall–Kier alpha value is -1.12. The standard InChI is InChI=1S/C17H20OS/c1-12-6-11-16(19-12)17(2,18)15-9-7-14(8-10-15)13-4-3-5-13/h6-11,13,18H,3-5H2,1-2H3. The molecule has 1 heterocycles. The fraction of sp³-hybridized carbons (Fsp3) is 0.412. The van der Waals surface area contributed by atoms with Crippen LogP contribution in [0.5, 0.6) is 0 Å². The molecule has 2 aromatic rings. The first-order chi connectivity index (χ1) is 9.07. The van der Waals surface area contributed by atoms with Gasteiger partial charge in [-0.2, -0.15) is 0 Å². The summed E-state index contributed by atoms with van der Waals surface area (Å²) in [5.41, 5.74) is 1.53. The third-order valence-corrected chi connectivity index (χ3v) is 5.48. The Morgan fingerprint density at radius 1 is 1.11 bits per heavy atom. The SMILES string of the molecule is Cc1ccc(C(C)(O)c2ccc(C3CCC3)cc2)s1. The van der Waals surface area contributed by atoms with Crippen molar-refractivity contribution in [1.29, 1.82) is 0 Å². The number of aryl methyl sites for hydroxylation is 1. The lowest BCUT2D eigenvalue weighted by atomic mass is 9.79. The van der Waals surface area contributed by atoms with Crippen molar-refractivity contribution >= 4 is 11.3 Å². The Kier molecular flexibility index (Phi) is 3.23. The third-order valence-electron chi connectivity index (χ3n) is 4.27. The van der Waals surface area contributed by atoms with Crippen LogP contribution < -0.4 is 0 Å². The average molecular weight is 272 g/mol. The van der Waals surface area contributed by atoms with Crippen LogP contribution in [0, 0.1) is 6.92 Å². The minimum Gasteiger partial charge on any atom is -0.380 e. The monoisotopic (exact) mass is 272 g/mol. The Morgan fingerprint density at radius 3 is 2.26 bits per heavy atom. The molecule has 19 heavy (non-hydrogen) atoms. The molecule has 0 saturated heterocycles. The van der Waals surface area contributed by atoms with Crippen LogP contribution in [-0.4, -0.2) is 5.11 Å². The Balaban J connectivity index is 1.88. The second kappa shape index (κ2) is 4.77. The van der Waals surface area contributed by atoms with Crippen molar-refractivity contribution in [2.75, 3.05) is 0 Å². The summed E-state index contributed by atoms with van der Waals surface area (Å²) in [5, 5.41) is 10.8. The van der Waals surface area contributed by atoms with Crippen LogP contribution in [0.3, 0.4) is 0 Å². The van der Waals surface area contributed by atoms with E-state index >= 15 is 0 Å².